The van der Waals surface area contributed by atoms with Crippen LogP contribution in [0.4, 0.5) is 14.5 Å². The second-order valence-corrected chi connectivity index (χ2v) is 5.82. The molecule has 2 N–H and O–H groups in total. The smallest absolute Gasteiger partial charge is 0.180 e. The molecule has 1 heterocycles. The summed E-state index contributed by atoms with van der Waals surface area (Å²) < 4.78 is 46.2. The molecule has 2 aromatic carbocycles. The molecule has 0 aliphatic rings. The molecule has 0 saturated carbocycles. The van der Waals surface area contributed by atoms with E-state index in [0.717, 1.165) is 6.07 Å². The van der Waals surface area contributed by atoms with E-state index < -0.39 is 17.3 Å². The second-order valence-electron chi connectivity index (χ2n) is 5.82. The molecule has 3 rings (SSSR count). The Morgan fingerprint density at radius 3 is 2.15 bits per heavy atom. The van der Waals surface area contributed by atoms with Gasteiger partial charge in [-0.15, -0.1) is 0 Å². The molecular weight excluding hydrogens is 356 g/mol. The van der Waals surface area contributed by atoms with Crippen LogP contribution >= 0.6 is 0 Å². The lowest BCUT2D eigenvalue weighted by Gasteiger charge is -2.14. The van der Waals surface area contributed by atoms with Crippen molar-refractivity contribution < 1.29 is 23.0 Å². The van der Waals surface area contributed by atoms with Crippen molar-refractivity contribution in [2.24, 2.45) is 7.05 Å². The third-order valence-corrected chi connectivity index (χ3v) is 4.23. The van der Waals surface area contributed by atoms with Crippen LogP contribution in [0.5, 0.6) is 17.2 Å². The summed E-state index contributed by atoms with van der Waals surface area (Å²) in [6.45, 7) is 0. The first-order valence-corrected chi connectivity index (χ1v) is 7.97. The van der Waals surface area contributed by atoms with Crippen LogP contribution in [-0.2, 0) is 7.05 Å². The van der Waals surface area contributed by atoms with Crippen molar-refractivity contribution in [2.75, 3.05) is 27.1 Å². The van der Waals surface area contributed by atoms with Crippen molar-refractivity contribution in [1.29, 1.82) is 0 Å². The van der Waals surface area contributed by atoms with Crippen molar-refractivity contribution >= 4 is 5.69 Å². The summed E-state index contributed by atoms with van der Waals surface area (Å²) in [4.78, 5) is 4.35. The van der Waals surface area contributed by atoms with Crippen molar-refractivity contribution in [3.8, 4) is 39.8 Å². The number of benzene rings is 2. The molecule has 1 aromatic heterocycles. The van der Waals surface area contributed by atoms with Gasteiger partial charge in [-0.3, -0.25) is 0 Å². The third-order valence-electron chi connectivity index (χ3n) is 4.23. The van der Waals surface area contributed by atoms with Crippen molar-refractivity contribution in [3.05, 3.63) is 42.2 Å². The lowest BCUT2D eigenvalue weighted by molar-refractivity contribution is 0.386. The summed E-state index contributed by atoms with van der Waals surface area (Å²) >= 11 is 0. The highest BCUT2D eigenvalue weighted by Gasteiger charge is 2.23. The number of nitrogen functional groups attached to an aromatic ring is 1. The van der Waals surface area contributed by atoms with Crippen LogP contribution in [0.2, 0.25) is 0 Å². The number of aryl methyl sites for hydroxylation is 1. The molecule has 0 atom stereocenters. The van der Waals surface area contributed by atoms with E-state index in [0.29, 0.717) is 28.5 Å². The van der Waals surface area contributed by atoms with Crippen LogP contribution in [0.15, 0.2) is 30.6 Å². The monoisotopic (exact) mass is 375 g/mol. The molecule has 0 unspecified atom stereocenters. The SMILES string of the molecule is COc1cc(OC)cc(-c2ncn(C)c2-c2cc(F)c(OC)c(N)c2F)c1. The molecule has 0 radical (unpaired) electrons. The van der Waals surface area contributed by atoms with Crippen molar-refractivity contribution in [2.45, 2.75) is 0 Å². The average Bonchev–Trinajstić information content (AvgIpc) is 3.06. The number of anilines is 1. The molecule has 27 heavy (non-hydrogen) atoms. The van der Waals surface area contributed by atoms with Crippen molar-refractivity contribution in [1.82, 2.24) is 9.55 Å². The van der Waals surface area contributed by atoms with Gasteiger partial charge >= 0.3 is 0 Å². The molecule has 8 heteroatoms. The molecular formula is C19H19F2N3O3. The first-order valence-electron chi connectivity index (χ1n) is 7.97. The van der Waals surface area contributed by atoms with E-state index in [2.05, 4.69) is 4.98 Å². The van der Waals surface area contributed by atoms with Crippen LogP contribution < -0.4 is 19.9 Å². The fourth-order valence-electron chi connectivity index (χ4n) is 2.91. The number of rotatable bonds is 5. The zero-order valence-corrected chi connectivity index (χ0v) is 15.3. The van der Waals surface area contributed by atoms with Crippen LogP contribution in [-0.4, -0.2) is 30.9 Å². The van der Waals surface area contributed by atoms with Gasteiger partial charge in [0.25, 0.3) is 0 Å². The molecule has 0 amide bonds. The first-order chi connectivity index (χ1) is 12.9. The van der Waals surface area contributed by atoms with E-state index >= 15 is 0 Å². The molecule has 3 aromatic rings. The van der Waals surface area contributed by atoms with Gasteiger partial charge in [-0.05, 0) is 18.2 Å². The average molecular weight is 375 g/mol. The molecule has 0 bridgehead atoms. The number of imidazole rings is 1. The predicted molar refractivity (Wildman–Crippen MR) is 98.1 cm³/mol. The first kappa shape index (κ1) is 18.5. The van der Waals surface area contributed by atoms with Crippen LogP contribution in [0.25, 0.3) is 22.5 Å². The zero-order chi connectivity index (χ0) is 19.7. The standard InChI is InChI=1S/C19H19F2N3O3/c1-24-9-23-17(10-5-11(25-2)7-12(6-10)26-3)18(24)13-8-14(20)19(27-4)16(22)15(13)21/h5-9H,22H2,1-4H3. The third kappa shape index (κ3) is 3.14. The number of methoxy groups -OCH3 is 3. The minimum Gasteiger partial charge on any atom is -0.497 e. The van der Waals surface area contributed by atoms with Gasteiger partial charge in [0.1, 0.15) is 17.2 Å². The Bertz CT molecular complexity index is 980. The number of halogens is 2. The van der Waals surface area contributed by atoms with Gasteiger partial charge in [-0.1, -0.05) is 0 Å². The summed E-state index contributed by atoms with van der Waals surface area (Å²) in [5, 5.41) is 0. The van der Waals surface area contributed by atoms with E-state index in [1.165, 1.54) is 27.7 Å². The van der Waals surface area contributed by atoms with Gasteiger partial charge in [-0.2, -0.15) is 0 Å². The predicted octanol–water partition coefficient (Wildman–Crippen LogP) is 3.64. The minimum absolute atomic E-state index is 0.0254. The largest absolute Gasteiger partial charge is 0.497 e. The number of nitrogens with two attached hydrogens (primary N) is 1. The van der Waals surface area contributed by atoms with Gasteiger partial charge < -0.3 is 24.5 Å². The van der Waals surface area contributed by atoms with Gasteiger partial charge in [0.15, 0.2) is 17.4 Å². The Morgan fingerprint density at radius 1 is 0.963 bits per heavy atom. The minimum atomic E-state index is -0.784. The van der Waals surface area contributed by atoms with Gasteiger partial charge in [0.05, 0.1) is 39.0 Å². The fourth-order valence-corrected chi connectivity index (χ4v) is 2.91. The topological polar surface area (TPSA) is 71.5 Å². The maximum absolute atomic E-state index is 14.9. The molecule has 142 valence electrons. The van der Waals surface area contributed by atoms with Crippen LogP contribution in [0, 0.1) is 11.6 Å². The lowest BCUT2D eigenvalue weighted by atomic mass is 10.0. The van der Waals surface area contributed by atoms with E-state index in [4.69, 9.17) is 19.9 Å². The molecule has 0 aliphatic heterocycles. The van der Waals surface area contributed by atoms with Gasteiger partial charge in [0, 0.05) is 24.2 Å². The Labute approximate surface area is 155 Å². The highest BCUT2D eigenvalue weighted by molar-refractivity contribution is 5.82. The number of hydrogen-bond donors (Lipinski definition) is 1. The van der Waals surface area contributed by atoms with Crippen molar-refractivity contribution in [3.63, 3.8) is 0 Å². The van der Waals surface area contributed by atoms with Crippen LogP contribution in [0.1, 0.15) is 0 Å². The number of hydrogen-bond acceptors (Lipinski definition) is 5. The lowest BCUT2D eigenvalue weighted by Crippen LogP contribution is -2.03. The number of ether oxygens (including phenoxy) is 3. The Hall–Kier alpha value is -3.29. The molecule has 0 aliphatic carbocycles. The summed E-state index contributed by atoms with van der Waals surface area (Å²) in [6.07, 6.45) is 1.51. The highest BCUT2D eigenvalue weighted by atomic mass is 19.1. The molecule has 0 spiro atoms. The Balaban J connectivity index is 2.26. The number of aromatic nitrogens is 2. The highest BCUT2D eigenvalue weighted by Crippen LogP contribution is 2.40. The normalized spacial score (nSPS) is 10.7. The second kappa shape index (κ2) is 7.14. The summed E-state index contributed by atoms with van der Waals surface area (Å²) in [5.74, 6) is -0.790. The molecule has 0 saturated heterocycles. The maximum atomic E-state index is 14.9. The summed E-state index contributed by atoms with van der Waals surface area (Å²) in [7, 11) is 5.96. The van der Waals surface area contributed by atoms with E-state index in [9.17, 15) is 8.78 Å². The zero-order valence-electron chi connectivity index (χ0n) is 15.3. The van der Waals surface area contributed by atoms with E-state index in [1.54, 1.807) is 29.8 Å². The summed E-state index contributed by atoms with van der Waals surface area (Å²) in [6, 6.07) is 6.21. The van der Waals surface area contributed by atoms with Gasteiger partial charge in [0.2, 0.25) is 0 Å². The molecule has 6 nitrogen and oxygen atoms in total. The summed E-state index contributed by atoms with van der Waals surface area (Å²) in [5.41, 5.74) is 6.70. The quantitative estimate of drug-likeness (QED) is 0.690. The van der Waals surface area contributed by atoms with E-state index in [1.807, 2.05) is 0 Å². The number of nitrogens with zero attached hydrogens (tertiary/aromatic N) is 2. The Kier molecular flexibility index (Phi) is 4.89. The Morgan fingerprint density at radius 2 is 1.59 bits per heavy atom. The molecule has 0 fully saturated rings. The fraction of sp³-hybridized carbons (Fsp3) is 0.211. The van der Waals surface area contributed by atoms with Gasteiger partial charge in [-0.25, -0.2) is 13.8 Å². The van der Waals surface area contributed by atoms with Crippen LogP contribution in [0.3, 0.4) is 0 Å². The maximum Gasteiger partial charge on any atom is 0.180 e. The van der Waals surface area contributed by atoms with E-state index in [-0.39, 0.29) is 11.3 Å².